The van der Waals surface area contributed by atoms with Crippen LogP contribution in [0.25, 0.3) is 5.69 Å². The van der Waals surface area contributed by atoms with Crippen LogP contribution in [-0.4, -0.2) is 25.9 Å². The summed E-state index contributed by atoms with van der Waals surface area (Å²) in [6.45, 7) is 1.71. The van der Waals surface area contributed by atoms with E-state index in [1.165, 1.54) is 29.1 Å². The van der Waals surface area contributed by atoms with Gasteiger partial charge in [-0.3, -0.25) is 0 Å². The molecule has 0 saturated carbocycles. The first kappa shape index (κ1) is 19.2. The minimum Gasteiger partial charge on any atom is -0.459 e. The second kappa shape index (κ2) is 7.24. The van der Waals surface area contributed by atoms with Crippen molar-refractivity contribution in [3.63, 3.8) is 0 Å². The van der Waals surface area contributed by atoms with Crippen molar-refractivity contribution in [3.8, 4) is 11.6 Å². The molecule has 1 unspecified atom stereocenters. The molecular formula is C16H12Cl2F3N5O. The largest absolute Gasteiger partial charge is 0.459 e. The van der Waals surface area contributed by atoms with Gasteiger partial charge in [0.2, 0.25) is 17.9 Å². The normalized spacial score (nSPS) is 12.8. The summed E-state index contributed by atoms with van der Waals surface area (Å²) in [5.74, 6) is -0.718. The van der Waals surface area contributed by atoms with Gasteiger partial charge in [0.15, 0.2) is 0 Å². The van der Waals surface area contributed by atoms with E-state index >= 15 is 0 Å². The Morgan fingerprint density at radius 2 is 1.89 bits per heavy atom. The zero-order valence-electron chi connectivity index (χ0n) is 13.7. The van der Waals surface area contributed by atoms with Crippen molar-refractivity contribution < 1.29 is 17.9 Å². The summed E-state index contributed by atoms with van der Waals surface area (Å²) in [7, 11) is 0. The van der Waals surface area contributed by atoms with Gasteiger partial charge in [-0.2, -0.15) is 23.3 Å². The van der Waals surface area contributed by atoms with Crippen LogP contribution in [0, 0.1) is 6.92 Å². The molecule has 0 spiro atoms. The van der Waals surface area contributed by atoms with Crippen LogP contribution < -0.4 is 10.5 Å². The summed E-state index contributed by atoms with van der Waals surface area (Å²) in [5, 5.41) is 4.26. The van der Waals surface area contributed by atoms with Crippen molar-refractivity contribution in [2.45, 2.75) is 19.2 Å². The van der Waals surface area contributed by atoms with Crippen molar-refractivity contribution in [3.05, 3.63) is 58.0 Å². The fourth-order valence-electron chi connectivity index (χ4n) is 2.39. The standard InChI is InChI=1S/C16H12Cl2F3N5O/c1-8-4-5-26(25-8)11-6-9(17)2-3-10(11)14(16(19,20)21)27-13-7-12(18)23-15(22)24-13/h2-7,14H,1H3,(H2,22,23,24). The number of benzene rings is 1. The molecule has 3 aromatic rings. The summed E-state index contributed by atoms with van der Waals surface area (Å²) in [6.07, 6.45) is -5.60. The molecule has 1 atom stereocenters. The van der Waals surface area contributed by atoms with E-state index < -0.39 is 18.2 Å². The van der Waals surface area contributed by atoms with Gasteiger partial charge in [0, 0.05) is 22.8 Å². The number of aryl methyl sites for hydroxylation is 1. The number of aromatic nitrogens is 4. The Bertz CT molecular complexity index is 957. The molecule has 0 fully saturated rings. The second-order valence-electron chi connectivity index (χ2n) is 5.53. The molecule has 0 radical (unpaired) electrons. The monoisotopic (exact) mass is 417 g/mol. The van der Waals surface area contributed by atoms with E-state index in [9.17, 15) is 13.2 Å². The Hall–Kier alpha value is -2.52. The maximum Gasteiger partial charge on any atom is 0.429 e. The first-order valence-electron chi connectivity index (χ1n) is 7.49. The lowest BCUT2D eigenvalue weighted by Crippen LogP contribution is -2.28. The van der Waals surface area contributed by atoms with Gasteiger partial charge >= 0.3 is 6.18 Å². The summed E-state index contributed by atoms with van der Waals surface area (Å²) < 4.78 is 47.8. The van der Waals surface area contributed by atoms with Crippen LogP contribution in [0.4, 0.5) is 19.1 Å². The number of nitrogens with two attached hydrogens (primary N) is 1. The van der Waals surface area contributed by atoms with Crippen LogP contribution in [0.2, 0.25) is 10.2 Å². The Labute approximate surface area is 161 Å². The molecule has 1 aromatic carbocycles. The Morgan fingerprint density at radius 1 is 1.15 bits per heavy atom. The lowest BCUT2D eigenvalue weighted by Gasteiger charge is -2.24. The van der Waals surface area contributed by atoms with Crippen LogP contribution in [0.3, 0.4) is 0 Å². The number of nitrogen functional groups attached to an aromatic ring is 1. The summed E-state index contributed by atoms with van der Waals surface area (Å²) >= 11 is 11.7. The zero-order valence-corrected chi connectivity index (χ0v) is 15.2. The summed E-state index contributed by atoms with van der Waals surface area (Å²) in [6, 6.07) is 6.62. The third-order valence-electron chi connectivity index (χ3n) is 3.47. The SMILES string of the molecule is Cc1ccn(-c2cc(Cl)ccc2C(Oc2cc(Cl)nc(N)n2)C(F)(F)F)n1. The van der Waals surface area contributed by atoms with E-state index in [2.05, 4.69) is 15.1 Å². The van der Waals surface area contributed by atoms with Gasteiger partial charge in [0.1, 0.15) is 5.15 Å². The smallest absolute Gasteiger partial charge is 0.429 e. The predicted molar refractivity (Wildman–Crippen MR) is 94.2 cm³/mol. The van der Waals surface area contributed by atoms with Crippen LogP contribution in [0.5, 0.6) is 5.88 Å². The van der Waals surface area contributed by atoms with E-state index in [1.807, 2.05) is 0 Å². The number of alkyl halides is 3. The number of nitrogens with zero attached hydrogens (tertiary/aromatic N) is 4. The molecule has 0 aliphatic heterocycles. The number of anilines is 1. The van der Waals surface area contributed by atoms with Gasteiger partial charge in [-0.1, -0.05) is 29.3 Å². The molecule has 0 saturated heterocycles. The van der Waals surface area contributed by atoms with Gasteiger partial charge in [0.05, 0.1) is 11.4 Å². The van der Waals surface area contributed by atoms with Crippen LogP contribution >= 0.6 is 23.2 Å². The lowest BCUT2D eigenvalue weighted by atomic mass is 10.1. The highest BCUT2D eigenvalue weighted by atomic mass is 35.5. The first-order valence-corrected chi connectivity index (χ1v) is 8.24. The lowest BCUT2D eigenvalue weighted by molar-refractivity contribution is -0.198. The third-order valence-corrected chi connectivity index (χ3v) is 3.90. The van der Waals surface area contributed by atoms with E-state index in [-0.39, 0.29) is 27.4 Å². The Morgan fingerprint density at radius 3 is 2.48 bits per heavy atom. The molecule has 3 rings (SSSR count). The molecule has 0 aliphatic rings. The minimum atomic E-state index is -4.77. The maximum absolute atomic E-state index is 13.8. The number of ether oxygens (including phenoxy) is 1. The molecule has 11 heteroatoms. The third kappa shape index (κ3) is 4.42. The van der Waals surface area contributed by atoms with E-state index in [1.54, 1.807) is 13.0 Å². The minimum absolute atomic E-state index is 0.117. The van der Waals surface area contributed by atoms with E-state index in [0.29, 0.717) is 5.69 Å². The van der Waals surface area contributed by atoms with Crippen molar-refractivity contribution in [1.82, 2.24) is 19.7 Å². The Balaban J connectivity index is 2.11. The molecule has 2 aromatic heterocycles. The summed E-state index contributed by atoms with van der Waals surface area (Å²) in [5.41, 5.74) is 5.96. The highest BCUT2D eigenvalue weighted by Crippen LogP contribution is 2.39. The maximum atomic E-state index is 13.8. The number of rotatable bonds is 4. The number of hydrogen-bond donors (Lipinski definition) is 1. The molecule has 0 bridgehead atoms. The molecule has 0 aliphatic carbocycles. The van der Waals surface area contributed by atoms with Gasteiger partial charge in [-0.25, -0.2) is 9.67 Å². The summed E-state index contributed by atoms with van der Waals surface area (Å²) in [4.78, 5) is 7.24. The van der Waals surface area contributed by atoms with Crippen molar-refractivity contribution >= 4 is 29.2 Å². The van der Waals surface area contributed by atoms with Crippen LogP contribution in [-0.2, 0) is 0 Å². The topological polar surface area (TPSA) is 78.9 Å². The zero-order chi connectivity index (χ0) is 19.8. The predicted octanol–water partition coefficient (Wildman–Crippen LogP) is 4.54. The fourth-order valence-corrected chi connectivity index (χ4v) is 2.73. The highest BCUT2D eigenvalue weighted by Gasteiger charge is 2.45. The molecule has 6 nitrogen and oxygen atoms in total. The van der Waals surface area contributed by atoms with Gasteiger partial charge in [-0.15, -0.1) is 0 Å². The Kier molecular flexibility index (Phi) is 5.16. The van der Waals surface area contributed by atoms with Crippen molar-refractivity contribution in [1.29, 1.82) is 0 Å². The quantitative estimate of drug-likeness (QED) is 0.630. The van der Waals surface area contributed by atoms with Crippen LogP contribution in [0.1, 0.15) is 17.4 Å². The second-order valence-corrected chi connectivity index (χ2v) is 6.36. The average molecular weight is 418 g/mol. The fraction of sp³-hybridized carbons (Fsp3) is 0.188. The van der Waals surface area contributed by atoms with E-state index in [0.717, 1.165) is 6.07 Å². The van der Waals surface area contributed by atoms with E-state index in [4.69, 9.17) is 33.7 Å². The molecular weight excluding hydrogens is 406 g/mol. The van der Waals surface area contributed by atoms with Crippen molar-refractivity contribution in [2.24, 2.45) is 0 Å². The van der Waals surface area contributed by atoms with Crippen molar-refractivity contribution in [2.75, 3.05) is 5.73 Å². The molecule has 142 valence electrons. The first-order chi connectivity index (χ1) is 12.6. The number of halogens is 5. The molecule has 0 amide bonds. The molecule has 27 heavy (non-hydrogen) atoms. The van der Waals surface area contributed by atoms with Gasteiger partial charge in [-0.05, 0) is 25.1 Å². The highest BCUT2D eigenvalue weighted by molar-refractivity contribution is 6.30. The molecule has 2 N–H and O–H groups in total. The average Bonchev–Trinajstić information content (AvgIpc) is 2.97. The van der Waals surface area contributed by atoms with Crippen LogP contribution in [0.15, 0.2) is 36.5 Å². The van der Waals surface area contributed by atoms with Gasteiger partial charge in [0.25, 0.3) is 0 Å². The molecule has 2 heterocycles. The van der Waals surface area contributed by atoms with Gasteiger partial charge < -0.3 is 10.5 Å². The number of hydrogen-bond acceptors (Lipinski definition) is 5.